The number of nitrogens with one attached hydrogen (secondary N) is 2. The highest BCUT2D eigenvalue weighted by Gasteiger charge is 2.40. The van der Waals surface area contributed by atoms with Gasteiger partial charge >= 0.3 is 6.09 Å². The number of hydrogen-bond acceptors (Lipinski definition) is 4. The van der Waals surface area contributed by atoms with Crippen LogP contribution in [0.15, 0.2) is 24.3 Å². The molecule has 0 saturated carbocycles. The zero-order chi connectivity index (χ0) is 29.9. The molecule has 222 valence electrons. The maximum absolute atomic E-state index is 14.5. The molecule has 0 aromatic heterocycles. The Kier molecular flexibility index (Phi) is 14.0. The van der Waals surface area contributed by atoms with Crippen LogP contribution in [0.3, 0.4) is 0 Å². The highest BCUT2D eigenvalue weighted by atomic mass is 16.6. The fourth-order valence-electron chi connectivity index (χ4n) is 4.70. The molecular formula is C32H55N3O4. The van der Waals surface area contributed by atoms with Crippen LogP contribution in [0.2, 0.25) is 0 Å². The second-order valence-electron chi connectivity index (χ2n) is 12.6. The number of nitrogens with zero attached hydrogens (tertiary/aromatic N) is 1. The van der Waals surface area contributed by atoms with Crippen LogP contribution < -0.4 is 10.6 Å². The Labute approximate surface area is 237 Å². The first kappa shape index (κ1) is 34.5. The smallest absolute Gasteiger partial charge is 0.408 e. The summed E-state index contributed by atoms with van der Waals surface area (Å²) < 4.78 is 5.52. The Hall–Kier alpha value is -2.57. The number of carbonyl (C=O) groups is 3. The molecule has 39 heavy (non-hydrogen) atoms. The molecular weight excluding hydrogens is 490 g/mol. The summed E-state index contributed by atoms with van der Waals surface area (Å²) in [5, 5.41) is 6.02. The summed E-state index contributed by atoms with van der Waals surface area (Å²) in [6.07, 6.45) is 3.48. The molecule has 5 atom stereocenters. The van der Waals surface area contributed by atoms with Crippen molar-refractivity contribution in [1.82, 2.24) is 15.5 Å². The number of aryl methyl sites for hydroxylation is 1. The molecule has 0 aliphatic heterocycles. The molecule has 7 heteroatoms. The minimum Gasteiger partial charge on any atom is -0.444 e. The van der Waals surface area contributed by atoms with E-state index in [1.165, 1.54) is 0 Å². The third-order valence-electron chi connectivity index (χ3n) is 7.04. The minimum atomic E-state index is -0.834. The fourth-order valence-corrected chi connectivity index (χ4v) is 4.70. The number of carbonyl (C=O) groups excluding carboxylic acids is 3. The maximum atomic E-state index is 14.5. The third-order valence-corrected chi connectivity index (χ3v) is 7.04. The average Bonchev–Trinajstić information content (AvgIpc) is 2.82. The van der Waals surface area contributed by atoms with Gasteiger partial charge in [-0.15, -0.1) is 0 Å². The van der Waals surface area contributed by atoms with Crippen LogP contribution in [-0.2, 0) is 14.3 Å². The Balaban J connectivity index is 3.66. The van der Waals surface area contributed by atoms with Gasteiger partial charge in [0.05, 0.1) is 0 Å². The molecule has 0 aliphatic rings. The highest BCUT2D eigenvalue weighted by molar-refractivity contribution is 5.92. The molecule has 0 saturated heterocycles. The van der Waals surface area contributed by atoms with Gasteiger partial charge in [0.1, 0.15) is 17.7 Å². The van der Waals surface area contributed by atoms with Crippen molar-refractivity contribution in [1.29, 1.82) is 0 Å². The van der Waals surface area contributed by atoms with Crippen molar-refractivity contribution in [2.75, 3.05) is 0 Å². The SMILES string of the molecule is CCCC(C)NC(=O)C(c1cccc(C)c1)N(C(=O)C(NC(=O)OC(C)(C)C)C(C)CC)C(C)CCC(C)C. The zero-order valence-electron chi connectivity index (χ0n) is 26.4. The monoisotopic (exact) mass is 545 g/mol. The molecule has 2 N–H and O–H groups in total. The van der Waals surface area contributed by atoms with Crippen LogP contribution in [0.5, 0.6) is 0 Å². The van der Waals surface area contributed by atoms with Crippen LogP contribution >= 0.6 is 0 Å². The zero-order valence-corrected chi connectivity index (χ0v) is 26.4. The summed E-state index contributed by atoms with van der Waals surface area (Å²) in [4.78, 5) is 43.1. The molecule has 1 rings (SSSR count). The maximum Gasteiger partial charge on any atom is 0.408 e. The molecule has 0 spiro atoms. The number of alkyl carbamates (subject to hydrolysis) is 1. The number of rotatable bonds is 14. The van der Waals surface area contributed by atoms with Crippen LogP contribution in [0.25, 0.3) is 0 Å². The van der Waals surface area contributed by atoms with E-state index in [1.807, 2.05) is 58.9 Å². The van der Waals surface area contributed by atoms with Crippen LogP contribution in [-0.4, -0.2) is 46.5 Å². The van der Waals surface area contributed by atoms with Crippen LogP contribution in [0.1, 0.15) is 119 Å². The van der Waals surface area contributed by atoms with Crippen molar-refractivity contribution in [3.8, 4) is 0 Å². The average molecular weight is 546 g/mol. The van der Waals surface area contributed by atoms with Crippen molar-refractivity contribution in [2.24, 2.45) is 11.8 Å². The number of benzene rings is 1. The Morgan fingerprint density at radius 3 is 2.10 bits per heavy atom. The van der Waals surface area contributed by atoms with Crippen LogP contribution in [0, 0.1) is 18.8 Å². The van der Waals surface area contributed by atoms with Crippen molar-refractivity contribution < 1.29 is 19.1 Å². The van der Waals surface area contributed by atoms with Gasteiger partial charge < -0.3 is 20.3 Å². The first-order valence-corrected chi connectivity index (χ1v) is 14.8. The molecule has 3 amide bonds. The van der Waals surface area contributed by atoms with E-state index in [9.17, 15) is 14.4 Å². The normalized spacial score (nSPS) is 15.6. The van der Waals surface area contributed by atoms with Gasteiger partial charge in [0, 0.05) is 12.1 Å². The van der Waals surface area contributed by atoms with Gasteiger partial charge in [0.15, 0.2) is 0 Å². The van der Waals surface area contributed by atoms with Gasteiger partial charge in [-0.25, -0.2) is 4.79 Å². The standard InChI is InChI=1S/C32H55N3O4/c1-12-15-24(7)33-29(36)28(26-17-14-16-22(5)20-26)35(25(8)19-18-21(3)4)30(37)27(23(6)13-2)34-31(38)39-32(9,10)11/h14,16-17,20-21,23-25,27-28H,12-13,15,18-19H2,1-11H3,(H,33,36)(H,34,38). The van der Waals surface area contributed by atoms with Crippen molar-refractivity contribution in [2.45, 2.75) is 138 Å². The first-order chi connectivity index (χ1) is 18.1. The number of ether oxygens (including phenoxy) is 1. The van der Waals surface area contributed by atoms with E-state index in [0.717, 1.165) is 36.8 Å². The van der Waals surface area contributed by atoms with E-state index < -0.39 is 23.8 Å². The molecule has 7 nitrogen and oxygen atoms in total. The van der Waals surface area contributed by atoms with Crippen molar-refractivity contribution >= 4 is 17.9 Å². The molecule has 5 unspecified atom stereocenters. The van der Waals surface area contributed by atoms with E-state index >= 15 is 0 Å². The summed E-state index contributed by atoms with van der Waals surface area (Å²) in [6.45, 7) is 21.7. The molecule has 0 radical (unpaired) electrons. The second kappa shape index (κ2) is 15.9. The second-order valence-corrected chi connectivity index (χ2v) is 12.6. The highest BCUT2D eigenvalue weighted by Crippen LogP contribution is 2.29. The summed E-state index contributed by atoms with van der Waals surface area (Å²) in [5.41, 5.74) is 1.08. The molecule has 0 fully saturated rings. The minimum absolute atomic E-state index is 0.0250. The van der Waals surface area contributed by atoms with E-state index in [-0.39, 0.29) is 29.8 Å². The predicted octanol–water partition coefficient (Wildman–Crippen LogP) is 6.93. The predicted molar refractivity (Wildman–Crippen MR) is 159 cm³/mol. The molecule has 1 aromatic carbocycles. The lowest BCUT2D eigenvalue weighted by Crippen LogP contribution is -2.57. The largest absolute Gasteiger partial charge is 0.444 e. The fraction of sp³-hybridized carbons (Fsp3) is 0.719. The molecule has 1 aromatic rings. The van der Waals surface area contributed by atoms with E-state index in [0.29, 0.717) is 12.3 Å². The summed E-state index contributed by atoms with van der Waals surface area (Å²) in [7, 11) is 0. The lowest BCUT2D eigenvalue weighted by Gasteiger charge is -2.40. The summed E-state index contributed by atoms with van der Waals surface area (Å²) >= 11 is 0. The molecule has 0 aliphatic carbocycles. The summed E-state index contributed by atoms with van der Waals surface area (Å²) in [6, 6.07) is 5.88. The lowest BCUT2D eigenvalue weighted by atomic mass is 9.92. The number of hydrogen-bond donors (Lipinski definition) is 2. The Morgan fingerprint density at radius 1 is 0.949 bits per heavy atom. The summed E-state index contributed by atoms with van der Waals surface area (Å²) in [5.74, 6) is -0.182. The third kappa shape index (κ3) is 11.6. The van der Waals surface area contributed by atoms with Gasteiger partial charge in [-0.3, -0.25) is 9.59 Å². The van der Waals surface area contributed by atoms with Crippen molar-refractivity contribution in [3.63, 3.8) is 0 Å². The van der Waals surface area contributed by atoms with Gasteiger partial charge in [0.25, 0.3) is 0 Å². The first-order valence-electron chi connectivity index (χ1n) is 14.8. The van der Waals surface area contributed by atoms with Crippen LogP contribution in [0.4, 0.5) is 4.79 Å². The number of amides is 3. The van der Waals surface area contributed by atoms with Gasteiger partial charge in [-0.05, 0) is 78.2 Å². The van der Waals surface area contributed by atoms with Gasteiger partial charge in [0.2, 0.25) is 11.8 Å². The van der Waals surface area contributed by atoms with E-state index in [4.69, 9.17) is 4.74 Å². The quantitative estimate of drug-likeness (QED) is 0.265. The Morgan fingerprint density at radius 2 is 1.59 bits per heavy atom. The van der Waals surface area contributed by atoms with Gasteiger partial charge in [-0.1, -0.05) is 77.3 Å². The van der Waals surface area contributed by atoms with E-state index in [1.54, 1.807) is 25.7 Å². The lowest BCUT2D eigenvalue weighted by molar-refractivity contribution is -0.146. The Bertz CT molecular complexity index is 924. The van der Waals surface area contributed by atoms with E-state index in [2.05, 4.69) is 31.4 Å². The topological polar surface area (TPSA) is 87.7 Å². The van der Waals surface area contributed by atoms with Gasteiger partial charge in [-0.2, -0.15) is 0 Å². The molecule has 0 heterocycles. The molecule has 0 bridgehead atoms. The van der Waals surface area contributed by atoms with Crippen molar-refractivity contribution in [3.05, 3.63) is 35.4 Å².